The van der Waals surface area contributed by atoms with E-state index in [0.717, 1.165) is 0 Å². The van der Waals surface area contributed by atoms with Gasteiger partial charge in [0.25, 0.3) is 10.0 Å². The van der Waals surface area contributed by atoms with Crippen LogP contribution in [-0.4, -0.2) is 73.5 Å². The molecule has 1 saturated heterocycles. The van der Waals surface area contributed by atoms with Crippen molar-refractivity contribution in [2.24, 2.45) is 7.05 Å². The summed E-state index contributed by atoms with van der Waals surface area (Å²) in [6.07, 6.45) is 3.29. The molecular weight excluding hydrogens is 404 g/mol. The highest BCUT2D eigenvalue weighted by molar-refractivity contribution is 7.89. The molecule has 1 aromatic carbocycles. The minimum atomic E-state index is -3.73. The monoisotopic (exact) mass is 428 g/mol. The second-order valence-electron chi connectivity index (χ2n) is 6.51. The zero-order valence-corrected chi connectivity index (χ0v) is 17.3. The van der Waals surface area contributed by atoms with E-state index in [4.69, 9.17) is 4.74 Å². The number of aryl methyl sites for hydroxylation is 1. The third-order valence-electron chi connectivity index (χ3n) is 4.45. The molecule has 1 fully saturated rings. The van der Waals surface area contributed by atoms with Gasteiger partial charge in [-0.3, -0.25) is 0 Å². The van der Waals surface area contributed by atoms with E-state index in [1.807, 2.05) is 18.2 Å². The summed E-state index contributed by atoms with van der Waals surface area (Å²) in [6, 6.07) is 9.01. The number of nitrogens with zero attached hydrogens (tertiary/aromatic N) is 4. The van der Waals surface area contributed by atoms with Crippen LogP contribution in [0.4, 0.5) is 0 Å². The topological polar surface area (TPSA) is 102 Å². The number of rotatable bonds is 7. The second kappa shape index (κ2) is 8.60. The van der Waals surface area contributed by atoms with Crippen LogP contribution in [0, 0.1) is 0 Å². The number of imidazole rings is 1. The van der Waals surface area contributed by atoms with Crippen LogP contribution in [-0.2, 0) is 27.1 Å². The van der Waals surface area contributed by atoms with Crippen molar-refractivity contribution in [2.45, 2.75) is 11.4 Å². The van der Waals surface area contributed by atoms with Crippen LogP contribution in [0.5, 0.6) is 5.75 Å². The predicted molar refractivity (Wildman–Crippen MR) is 104 cm³/mol. The Morgan fingerprint density at radius 2 is 1.68 bits per heavy atom. The Kier molecular flexibility index (Phi) is 6.38. The number of para-hydroxylation sites is 1. The number of benzene rings is 1. The van der Waals surface area contributed by atoms with Crippen LogP contribution in [0.3, 0.4) is 0 Å². The molecule has 0 atom stereocenters. The molecule has 1 aliphatic heterocycles. The Morgan fingerprint density at radius 3 is 2.36 bits per heavy atom. The summed E-state index contributed by atoms with van der Waals surface area (Å²) in [5.74, 6) is 0.454. The fraction of sp³-hybridized carbons (Fsp3) is 0.471. The quantitative estimate of drug-likeness (QED) is 0.637. The highest BCUT2D eigenvalue weighted by Gasteiger charge is 2.31. The lowest BCUT2D eigenvalue weighted by atomic mass is 10.3. The third kappa shape index (κ3) is 4.90. The highest BCUT2D eigenvalue weighted by Crippen LogP contribution is 2.17. The zero-order valence-electron chi connectivity index (χ0n) is 15.6. The standard InChI is InChI=1S/C17H24N4O5S2/c1-19-14-17(18-15-19)28(24,25)21-9-5-8-20(10-11-21)27(22,23)13-12-26-16-6-3-2-4-7-16/h2-4,6-7,14-15H,5,8-13H2,1H3. The Balaban J connectivity index is 1.59. The molecule has 0 bridgehead atoms. The summed E-state index contributed by atoms with van der Waals surface area (Å²) < 4.78 is 60.3. The van der Waals surface area contributed by atoms with Gasteiger partial charge < -0.3 is 9.30 Å². The summed E-state index contributed by atoms with van der Waals surface area (Å²) in [5, 5.41) is -0.0254. The molecule has 0 amide bonds. The SMILES string of the molecule is Cn1cnc(S(=O)(=O)N2CCCN(S(=O)(=O)CCOc3ccccc3)CC2)c1. The lowest BCUT2D eigenvalue weighted by Crippen LogP contribution is -2.39. The van der Waals surface area contributed by atoms with Crippen LogP contribution in [0.15, 0.2) is 47.9 Å². The summed E-state index contributed by atoms with van der Waals surface area (Å²) >= 11 is 0. The number of hydrogen-bond acceptors (Lipinski definition) is 6. The van der Waals surface area contributed by atoms with E-state index in [1.165, 1.54) is 21.1 Å². The molecule has 154 valence electrons. The Hall–Kier alpha value is -1.95. The maximum absolute atomic E-state index is 12.7. The molecule has 1 aliphatic rings. The van der Waals surface area contributed by atoms with Crippen LogP contribution >= 0.6 is 0 Å². The van der Waals surface area contributed by atoms with Gasteiger partial charge in [-0.1, -0.05) is 18.2 Å². The molecule has 0 unspecified atom stereocenters. The molecule has 2 heterocycles. The van der Waals surface area contributed by atoms with Gasteiger partial charge in [-0.2, -0.15) is 4.31 Å². The van der Waals surface area contributed by atoms with E-state index < -0.39 is 20.0 Å². The van der Waals surface area contributed by atoms with Gasteiger partial charge in [-0.15, -0.1) is 0 Å². The lowest BCUT2D eigenvalue weighted by molar-refractivity contribution is 0.334. The van der Waals surface area contributed by atoms with E-state index in [1.54, 1.807) is 23.7 Å². The van der Waals surface area contributed by atoms with Crippen LogP contribution in [0.25, 0.3) is 0 Å². The van der Waals surface area contributed by atoms with Gasteiger partial charge in [0.05, 0.1) is 12.1 Å². The fourth-order valence-electron chi connectivity index (χ4n) is 2.95. The Morgan fingerprint density at radius 1 is 1.00 bits per heavy atom. The molecule has 2 aromatic rings. The molecule has 0 N–H and O–H groups in total. The maximum Gasteiger partial charge on any atom is 0.262 e. The van der Waals surface area contributed by atoms with Crippen molar-refractivity contribution in [2.75, 3.05) is 38.5 Å². The molecule has 3 rings (SSSR count). The average molecular weight is 429 g/mol. The van der Waals surface area contributed by atoms with Gasteiger partial charge in [0, 0.05) is 39.4 Å². The minimum Gasteiger partial charge on any atom is -0.492 e. The van der Waals surface area contributed by atoms with E-state index in [0.29, 0.717) is 12.2 Å². The maximum atomic E-state index is 12.7. The first-order valence-corrected chi connectivity index (χ1v) is 12.0. The molecule has 11 heteroatoms. The molecule has 1 aromatic heterocycles. The third-order valence-corrected chi connectivity index (χ3v) is 8.06. The molecule has 0 saturated carbocycles. The van der Waals surface area contributed by atoms with Crippen LogP contribution in [0.2, 0.25) is 0 Å². The van der Waals surface area contributed by atoms with Crippen molar-refractivity contribution in [1.82, 2.24) is 18.2 Å². The van der Waals surface area contributed by atoms with Crippen molar-refractivity contribution in [3.05, 3.63) is 42.9 Å². The van der Waals surface area contributed by atoms with Crippen molar-refractivity contribution in [3.8, 4) is 5.75 Å². The molecule has 9 nitrogen and oxygen atoms in total. The minimum absolute atomic E-state index is 0.0254. The largest absolute Gasteiger partial charge is 0.492 e. The zero-order chi connectivity index (χ0) is 20.2. The summed E-state index contributed by atoms with van der Waals surface area (Å²) in [6.45, 7) is 0.781. The Bertz CT molecular complexity index is 990. The first kappa shape index (κ1) is 20.8. The average Bonchev–Trinajstić information content (AvgIpc) is 2.94. The van der Waals surface area contributed by atoms with E-state index in [-0.39, 0.29) is 43.6 Å². The van der Waals surface area contributed by atoms with Crippen LogP contribution < -0.4 is 4.74 Å². The van der Waals surface area contributed by atoms with E-state index in [9.17, 15) is 16.8 Å². The lowest BCUT2D eigenvalue weighted by Gasteiger charge is -2.21. The van der Waals surface area contributed by atoms with Crippen molar-refractivity contribution in [3.63, 3.8) is 0 Å². The van der Waals surface area contributed by atoms with E-state index in [2.05, 4.69) is 4.98 Å². The van der Waals surface area contributed by atoms with Crippen molar-refractivity contribution >= 4 is 20.0 Å². The molecule has 0 spiro atoms. The van der Waals surface area contributed by atoms with Gasteiger partial charge in [-0.25, -0.2) is 26.1 Å². The predicted octanol–water partition coefficient (Wildman–Crippen LogP) is 0.525. The van der Waals surface area contributed by atoms with Gasteiger partial charge in [0.2, 0.25) is 10.0 Å². The van der Waals surface area contributed by atoms with Crippen molar-refractivity contribution in [1.29, 1.82) is 0 Å². The fourth-order valence-corrected chi connectivity index (χ4v) is 5.71. The van der Waals surface area contributed by atoms with Gasteiger partial charge in [0.15, 0.2) is 5.03 Å². The Labute approximate surface area is 165 Å². The molecule has 28 heavy (non-hydrogen) atoms. The second-order valence-corrected chi connectivity index (χ2v) is 10.5. The first-order chi connectivity index (χ1) is 13.3. The number of hydrogen-bond donors (Lipinski definition) is 0. The summed E-state index contributed by atoms with van der Waals surface area (Å²) in [5.41, 5.74) is 0. The summed E-state index contributed by atoms with van der Waals surface area (Å²) in [7, 11) is -5.58. The normalized spacial score (nSPS) is 17.3. The van der Waals surface area contributed by atoms with Crippen LogP contribution in [0.1, 0.15) is 6.42 Å². The molecular formula is C17H24N4O5S2. The smallest absolute Gasteiger partial charge is 0.262 e. The number of sulfonamides is 2. The van der Waals surface area contributed by atoms with Gasteiger partial charge >= 0.3 is 0 Å². The highest BCUT2D eigenvalue weighted by atomic mass is 32.2. The molecule has 0 radical (unpaired) electrons. The number of ether oxygens (including phenoxy) is 1. The first-order valence-electron chi connectivity index (χ1n) is 8.93. The van der Waals surface area contributed by atoms with Gasteiger partial charge in [-0.05, 0) is 18.6 Å². The van der Waals surface area contributed by atoms with Gasteiger partial charge in [0.1, 0.15) is 12.4 Å². The number of aromatic nitrogens is 2. The summed E-state index contributed by atoms with van der Waals surface area (Å²) in [4.78, 5) is 3.92. The van der Waals surface area contributed by atoms with E-state index >= 15 is 0 Å². The van der Waals surface area contributed by atoms with Crippen molar-refractivity contribution < 1.29 is 21.6 Å². The molecule has 0 aliphatic carbocycles.